The SMILES string of the molecule is CC(C)n1ncc2c(C(=O)N(C)C3CCCCC3)cc(C3CC3)nc21. The molecule has 0 bridgehead atoms. The van der Waals surface area contributed by atoms with Crippen molar-refractivity contribution in [1.82, 2.24) is 19.7 Å². The summed E-state index contributed by atoms with van der Waals surface area (Å²) in [6.45, 7) is 4.21. The van der Waals surface area contributed by atoms with Gasteiger partial charge < -0.3 is 4.90 Å². The molecule has 0 unspecified atom stereocenters. The van der Waals surface area contributed by atoms with Crippen molar-refractivity contribution in [2.75, 3.05) is 7.05 Å². The number of carbonyl (C=O) groups excluding carboxylic acids is 1. The number of nitrogens with zero attached hydrogens (tertiary/aromatic N) is 4. The predicted molar refractivity (Wildman–Crippen MR) is 98.9 cm³/mol. The van der Waals surface area contributed by atoms with Gasteiger partial charge in [-0.2, -0.15) is 5.10 Å². The zero-order chi connectivity index (χ0) is 17.6. The van der Waals surface area contributed by atoms with Crippen molar-refractivity contribution in [3.8, 4) is 0 Å². The van der Waals surface area contributed by atoms with Crippen LogP contribution in [0, 0.1) is 0 Å². The average molecular weight is 340 g/mol. The second-order valence-electron chi connectivity index (χ2n) is 8.00. The van der Waals surface area contributed by atoms with E-state index in [9.17, 15) is 4.79 Å². The minimum absolute atomic E-state index is 0.129. The van der Waals surface area contributed by atoms with Gasteiger partial charge in [0.25, 0.3) is 5.91 Å². The van der Waals surface area contributed by atoms with Crippen LogP contribution in [0.1, 0.15) is 86.8 Å². The summed E-state index contributed by atoms with van der Waals surface area (Å²) in [6, 6.07) is 2.64. The van der Waals surface area contributed by atoms with Gasteiger partial charge in [0.2, 0.25) is 0 Å². The van der Waals surface area contributed by atoms with Crippen molar-refractivity contribution < 1.29 is 4.79 Å². The van der Waals surface area contributed by atoms with E-state index in [0.29, 0.717) is 12.0 Å². The minimum Gasteiger partial charge on any atom is -0.339 e. The van der Waals surface area contributed by atoms with Crippen molar-refractivity contribution >= 4 is 16.9 Å². The van der Waals surface area contributed by atoms with E-state index < -0.39 is 0 Å². The largest absolute Gasteiger partial charge is 0.339 e. The lowest BCUT2D eigenvalue weighted by Gasteiger charge is -2.31. The molecule has 2 aliphatic rings. The monoisotopic (exact) mass is 340 g/mol. The molecule has 0 N–H and O–H groups in total. The van der Waals surface area contributed by atoms with Gasteiger partial charge in [-0.05, 0) is 45.6 Å². The molecule has 0 radical (unpaired) electrons. The van der Waals surface area contributed by atoms with E-state index in [-0.39, 0.29) is 11.9 Å². The number of rotatable bonds is 4. The topological polar surface area (TPSA) is 51.0 Å². The zero-order valence-electron chi connectivity index (χ0n) is 15.5. The fraction of sp³-hybridized carbons (Fsp3) is 0.650. The molecule has 25 heavy (non-hydrogen) atoms. The van der Waals surface area contributed by atoms with E-state index in [1.54, 1.807) is 0 Å². The highest BCUT2D eigenvalue weighted by Gasteiger charge is 2.30. The highest BCUT2D eigenvalue weighted by atomic mass is 16.2. The molecule has 134 valence electrons. The Balaban J connectivity index is 1.75. The first-order valence-corrected chi connectivity index (χ1v) is 9.71. The van der Waals surface area contributed by atoms with Crippen LogP contribution in [0.2, 0.25) is 0 Å². The Morgan fingerprint density at radius 3 is 2.56 bits per heavy atom. The third-order valence-corrected chi connectivity index (χ3v) is 5.74. The van der Waals surface area contributed by atoms with Gasteiger partial charge in [-0.3, -0.25) is 4.79 Å². The lowest BCUT2D eigenvalue weighted by atomic mass is 9.94. The molecule has 0 aliphatic heterocycles. The maximum Gasteiger partial charge on any atom is 0.254 e. The summed E-state index contributed by atoms with van der Waals surface area (Å²) in [4.78, 5) is 20.1. The number of hydrogen-bond acceptors (Lipinski definition) is 3. The fourth-order valence-corrected chi connectivity index (χ4v) is 4.00. The van der Waals surface area contributed by atoms with Crippen LogP contribution in [0.4, 0.5) is 0 Å². The molecule has 2 aliphatic carbocycles. The quantitative estimate of drug-likeness (QED) is 0.834. The van der Waals surface area contributed by atoms with Gasteiger partial charge in [0.1, 0.15) is 0 Å². The Labute approximate surface area is 149 Å². The minimum atomic E-state index is 0.129. The molecule has 0 aromatic carbocycles. The normalized spacial score (nSPS) is 18.9. The molecule has 0 saturated heterocycles. The van der Waals surface area contributed by atoms with Crippen LogP contribution in [-0.2, 0) is 0 Å². The highest BCUT2D eigenvalue weighted by molar-refractivity contribution is 6.05. The van der Waals surface area contributed by atoms with Crippen LogP contribution < -0.4 is 0 Å². The molecule has 0 spiro atoms. The van der Waals surface area contributed by atoms with Crippen LogP contribution in [0.15, 0.2) is 12.3 Å². The molecule has 2 aromatic rings. The molecule has 0 atom stereocenters. The molecule has 1 amide bonds. The highest BCUT2D eigenvalue weighted by Crippen LogP contribution is 2.40. The smallest absolute Gasteiger partial charge is 0.254 e. The Morgan fingerprint density at radius 2 is 1.92 bits per heavy atom. The first-order valence-electron chi connectivity index (χ1n) is 9.71. The third-order valence-electron chi connectivity index (χ3n) is 5.74. The van der Waals surface area contributed by atoms with Crippen molar-refractivity contribution in [3.63, 3.8) is 0 Å². The summed E-state index contributed by atoms with van der Waals surface area (Å²) in [7, 11) is 1.97. The van der Waals surface area contributed by atoms with Gasteiger partial charge in [0.05, 0.1) is 17.1 Å². The van der Waals surface area contributed by atoms with Crippen molar-refractivity contribution in [3.05, 3.63) is 23.5 Å². The number of aromatic nitrogens is 3. The molecular weight excluding hydrogens is 312 g/mol. The lowest BCUT2D eigenvalue weighted by Crippen LogP contribution is -2.38. The van der Waals surface area contributed by atoms with Gasteiger partial charge >= 0.3 is 0 Å². The molecule has 2 aromatic heterocycles. The molecule has 2 saturated carbocycles. The summed E-state index contributed by atoms with van der Waals surface area (Å²) >= 11 is 0. The molecule has 5 nitrogen and oxygen atoms in total. The maximum absolute atomic E-state index is 13.3. The molecular formula is C20H28N4O. The van der Waals surface area contributed by atoms with Crippen LogP contribution in [0.5, 0.6) is 0 Å². The van der Waals surface area contributed by atoms with E-state index in [1.807, 2.05) is 28.9 Å². The Morgan fingerprint density at radius 1 is 1.20 bits per heavy atom. The van der Waals surface area contributed by atoms with Crippen molar-refractivity contribution in [2.24, 2.45) is 0 Å². The second kappa shape index (κ2) is 6.43. The van der Waals surface area contributed by atoms with Crippen LogP contribution in [0.3, 0.4) is 0 Å². The fourth-order valence-electron chi connectivity index (χ4n) is 4.00. The summed E-state index contributed by atoms with van der Waals surface area (Å²) in [5.41, 5.74) is 2.71. The van der Waals surface area contributed by atoms with Crippen molar-refractivity contribution in [2.45, 2.75) is 76.8 Å². The summed E-state index contributed by atoms with van der Waals surface area (Å²) in [5.74, 6) is 0.649. The number of pyridine rings is 1. The number of fused-ring (bicyclic) bond motifs is 1. The molecule has 4 rings (SSSR count). The Bertz CT molecular complexity index is 784. The molecule has 5 heteroatoms. The van der Waals surface area contributed by atoms with Gasteiger partial charge in [0, 0.05) is 30.7 Å². The Hall–Kier alpha value is -1.91. The van der Waals surface area contributed by atoms with Crippen LogP contribution in [-0.4, -0.2) is 38.7 Å². The lowest BCUT2D eigenvalue weighted by molar-refractivity contribution is 0.0698. The van der Waals surface area contributed by atoms with E-state index in [4.69, 9.17) is 4.98 Å². The van der Waals surface area contributed by atoms with Gasteiger partial charge in [-0.15, -0.1) is 0 Å². The van der Waals surface area contributed by atoms with Gasteiger partial charge in [-0.25, -0.2) is 9.67 Å². The van der Waals surface area contributed by atoms with E-state index in [1.165, 1.54) is 32.1 Å². The maximum atomic E-state index is 13.3. The van der Waals surface area contributed by atoms with Crippen LogP contribution in [0.25, 0.3) is 11.0 Å². The molecule has 2 heterocycles. The van der Waals surface area contributed by atoms with Crippen molar-refractivity contribution in [1.29, 1.82) is 0 Å². The first kappa shape index (κ1) is 16.6. The molecule has 2 fully saturated rings. The van der Waals surface area contributed by atoms with E-state index in [2.05, 4.69) is 18.9 Å². The summed E-state index contributed by atoms with van der Waals surface area (Å²) in [5, 5.41) is 5.41. The Kier molecular flexibility index (Phi) is 4.26. The zero-order valence-corrected chi connectivity index (χ0v) is 15.5. The standard InChI is InChI=1S/C20H28N4O/c1-13(2)24-19-17(12-21-24)16(11-18(22-19)14-9-10-14)20(25)23(3)15-7-5-4-6-8-15/h11-15H,4-10H2,1-3H3. The number of carbonyl (C=O) groups is 1. The van der Waals surface area contributed by atoms with E-state index >= 15 is 0 Å². The second-order valence-corrected chi connectivity index (χ2v) is 8.00. The predicted octanol–water partition coefficient (Wildman–Crippen LogP) is 4.29. The summed E-state index contributed by atoms with van der Waals surface area (Å²) < 4.78 is 1.94. The number of hydrogen-bond donors (Lipinski definition) is 0. The number of amides is 1. The van der Waals surface area contributed by atoms with E-state index in [0.717, 1.165) is 35.1 Å². The van der Waals surface area contributed by atoms with Crippen LogP contribution >= 0.6 is 0 Å². The summed E-state index contributed by atoms with van der Waals surface area (Å²) in [6.07, 6.45) is 10.2. The third kappa shape index (κ3) is 3.05. The van der Waals surface area contributed by atoms with Gasteiger partial charge in [-0.1, -0.05) is 19.3 Å². The van der Waals surface area contributed by atoms with Gasteiger partial charge in [0.15, 0.2) is 5.65 Å². The first-order chi connectivity index (χ1) is 12.1. The average Bonchev–Trinajstić information content (AvgIpc) is 3.39.